The predicted molar refractivity (Wildman–Crippen MR) is 108 cm³/mol. The van der Waals surface area contributed by atoms with Gasteiger partial charge in [0, 0.05) is 25.5 Å². The zero-order valence-electron chi connectivity index (χ0n) is 16.4. The Labute approximate surface area is 159 Å². The fraction of sp³-hybridized carbons (Fsp3) is 0.474. The van der Waals surface area contributed by atoms with E-state index in [2.05, 4.69) is 26.3 Å². The summed E-state index contributed by atoms with van der Waals surface area (Å²) in [6.45, 7) is 5.66. The average molecular weight is 377 g/mol. The molecular formula is C19H28N4O2S. The molecule has 0 amide bonds. The monoisotopic (exact) mass is 376 g/mol. The second kappa shape index (κ2) is 9.43. The van der Waals surface area contributed by atoms with Crippen LogP contribution in [0.4, 0.5) is 0 Å². The summed E-state index contributed by atoms with van der Waals surface area (Å²) in [5.41, 5.74) is 2.28. The molecule has 0 saturated carbocycles. The van der Waals surface area contributed by atoms with Gasteiger partial charge in [-0.1, -0.05) is 6.07 Å². The van der Waals surface area contributed by atoms with Crippen LogP contribution in [0, 0.1) is 13.8 Å². The van der Waals surface area contributed by atoms with Gasteiger partial charge in [0.1, 0.15) is 0 Å². The fourth-order valence-corrected chi connectivity index (χ4v) is 3.60. The van der Waals surface area contributed by atoms with Gasteiger partial charge in [0.25, 0.3) is 0 Å². The molecule has 1 aromatic carbocycles. The van der Waals surface area contributed by atoms with Crippen molar-refractivity contribution < 1.29 is 9.47 Å². The highest BCUT2D eigenvalue weighted by atomic mass is 32.1. The maximum atomic E-state index is 5.37. The minimum Gasteiger partial charge on any atom is -0.493 e. The Balaban J connectivity index is 1.92. The summed E-state index contributed by atoms with van der Waals surface area (Å²) in [6.07, 6.45) is 0.885. The molecule has 2 aromatic rings. The maximum absolute atomic E-state index is 5.37. The Morgan fingerprint density at radius 3 is 2.54 bits per heavy atom. The number of methoxy groups -OCH3 is 2. The van der Waals surface area contributed by atoms with E-state index in [-0.39, 0.29) is 0 Å². The first-order chi connectivity index (χ1) is 12.5. The molecule has 1 heterocycles. The summed E-state index contributed by atoms with van der Waals surface area (Å²) in [4.78, 5) is 12.2. The lowest BCUT2D eigenvalue weighted by Crippen LogP contribution is -2.39. The van der Waals surface area contributed by atoms with Crippen molar-refractivity contribution in [3.05, 3.63) is 39.3 Å². The van der Waals surface area contributed by atoms with Crippen LogP contribution >= 0.6 is 11.3 Å². The number of aryl methyl sites for hydroxylation is 2. The first kappa shape index (κ1) is 20.0. The molecule has 26 heavy (non-hydrogen) atoms. The largest absolute Gasteiger partial charge is 0.493 e. The van der Waals surface area contributed by atoms with Crippen molar-refractivity contribution in [2.24, 2.45) is 4.99 Å². The third-order valence-electron chi connectivity index (χ3n) is 4.16. The van der Waals surface area contributed by atoms with E-state index < -0.39 is 0 Å². The molecule has 0 unspecified atom stereocenters. The van der Waals surface area contributed by atoms with Crippen LogP contribution in [0.15, 0.2) is 23.2 Å². The van der Waals surface area contributed by atoms with Crippen LogP contribution in [-0.4, -0.2) is 50.7 Å². The van der Waals surface area contributed by atoms with Crippen LogP contribution in [0.3, 0.4) is 0 Å². The third-order valence-corrected chi connectivity index (χ3v) is 5.24. The number of hydrogen-bond donors (Lipinski definition) is 1. The summed E-state index contributed by atoms with van der Waals surface area (Å²) in [5.74, 6) is 2.37. The first-order valence-electron chi connectivity index (χ1n) is 8.54. The number of guanidine groups is 1. The van der Waals surface area contributed by atoms with E-state index in [4.69, 9.17) is 9.47 Å². The van der Waals surface area contributed by atoms with Crippen molar-refractivity contribution in [2.75, 3.05) is 34.9 Å². The van der Waals surface area contributed by atoms with E-state index in [1.54, 1.807) is 32.6 Å². The van der Waals surface area contributed by atoms with Crippen LogP contribution in [0.5, 0.6) is 11.5 Å². The number of hydrogen-bond acceptors (Lipinski definition) is 5. The van der Waals surface area contributed by atoms with Gasteiger partial charge in [0.05, 0.1) is 31.5 Å². The lowest BCUT2D eigenvalue weighted by molar-refractivity contribution is 0.354. The number of nitrogens with one attached hydrogen (secondary N) is 1. The highest BCUT2D eigenvalue weighted by Crippen LogP contribution is 2.27. The Hall–Kier alpha value is -2.28. The van der Waals surface area contributed by atoms with Gasteiger partial charge in [0.15, 0.2) is 17.5 Å². The Kier molecular flexibility index (Phi) is 7.26. The van der Waals surface area contributed by atoms with Crippen molar-refractivity contribution in [3.8, 4) is 11.5 Å². The zero-order chi connectivity index (χ0) is 19.1. The smallest absolute Gasteiger partial charge is 0.193 e. The van der Waals surface area contributed by atoms with E-state index >= 15 is 0 Å². The fourth-order valence-electron chi connectivity index (χ4n) is 2.72. The van der Waals surface area contributed by atoms with Crippen molar-refractivity contribution in [1.82, 2.24) is 15.2 Å². The molecule has 0 radical (unpaired) electrons. The quantitative estimate of drug-likeness (QED) is 0.595. The number of aromatic nitrogens is 1. The second-order valence-electron chi connectivity index (χ2n) is 6.00. The van der Waals surface area contributed by atoms with Crippen molar-refractivity contribution in [2.45, 2.75) is 26.8 Å². The molecule has 0 aliphatic carbocycles. The Morgan fingerprint density at radius 1 is 1.23 bits per heavy atom. The number of benzene rings is 1. The van der Waals surface area contributed by atoms with Crippen molar-refractivity contribution in [1.29, 1.82) is 0 Å². The van der Waals surface area contributed by atoms with Crippen LogP contribution in [0.2, 0.25) is 0 Å². The first-order valence-corrected chi connectivity index (χ1v) is 9.35. The number of likely N-dealkylation sites (N-methyl/N-ethyl adjacent to an activating group) is 1. The van der Waals surface area contributed by atoms with E-state index in [9.17, 15) is 0 Å². The van der Waals surface area contributed by atoms with Gasteiger partial charge in [0.2, 0.25) is 0 Å². The van der Waals surface area contributed by atoms with E-state index in [0.29, 0.717) is 0 Å². The Bertz CT molecular complexity index is 758. The SMILES string of the molecule is CN=C(NCc1sc(C)nc1C)N(C)CCc1ccc(OC)c(OC)c1. The van der Waals surface area contributed by atoms with Gasteiger partial charge >= 0.3 is 0 Å². The van der Waals surface area contributed by atoms with Crippen molar-refractivity contribution in [3.63, 3.8) is 0 Å². The summed E-state index contributed by atoms with van der Waals surface area (Å²) in [5, 5.41) is 4.51. The molecule has 0 fully saturated rings. The molecule has 1 N–H and O–H groups in total. The molecule has 7 heteroatoms. The number of nitrogens with zero attached hydrogens (tertiary/aromatic N) is 3. The highest BCUT2D eigenvalue weighted by Gasteiger charge is 2.10. The molecule has 2 rings (SSSR count). The third kappa shape index (κ3) is 5.11. The summed E-state index contributed by atoms with van der Waals surface area (Å²) < 4.78 is 10.7. The predicted octanol–water partition coefficient (Wildman–Crippen LogP) is 3.03. The molecule has 6 nitrogen and oxygen atoms in total. The standard InChI is InChI=1S/C19H28N4O2S/c1-13-18(26-14(2)22-13)12-21-19(20-3)23(4)10-9-15-7-8-16(24-5)17(11-15)25-6/h7-8,11H,9-10,12H2,1-6H3,(H,20,21). The molecule has 0 atom stereocenters. The molecular weight excluding hydrogens is 348 g/mol. The molecule has 0 aliphatic heterocycles. The van der Waals surface area contributed by atoms with Gasteiger partial charge < -0.3 is 19.7 Å². The number of thiazole rings is 1. The number of ether oxygens (including phenoxy) is 2. The van der Waals surface area contributed by atoms with Crippen LogP contribution in [-0.2, 0) is 13.0 Å². The van der Waals surface area contributed by atoms with Crippen LogP contribution < -0.4 is 14.8 Å². The van der Waals surface area contributed by atoms with Gasteiger partial charge in [-0.05, 0) is 38.0 Å². The van der Waals surface area contributed by atoms with Gasteiger partial charge in [-0.25, -0.2) is 4.98 Å². The summed E-state index contributed by atoms with van der Waals surface area (Å²) >= 11 is 1.72. The van der Waals surface area contributed by atoms with Crippen molar-refractivity contribution >= 4 is 17.3 Å². The number of aliphatic imine (C=N–C) groups is 1. The van der Waals surface area contributed by atoms with E-state index in [1.807, 2.05) is 33.0 Å². The van der Waals surface area contributed by atoms with Gasteiger partial charge in [-0.3, -0.25) is 4.99 Å². The molecule has 1 aromatic heterocycles. The minimum atomic E-state index is 0.741. The maximum Gasteiger partial charge on any atom is 0.193 e. The lowest BCUT2D eigenvalue weighted by Gasteiger charge is -2.22. The molecule has 0 bridgehead atoms. The molecule has 0 saturated heterocycles. The van der Waals surface area contributed by atoms with Crippen LogP contribution in [0.1, 0.15) is 21.1 Å². The number of rotatable bonds is 7. The molecule has 142 valence electrons. The lowest BCUT2D eigenvalue weighted by atomic mass is 10.1. The average Bonchev–Trinajstić information content (AvgIpc) is 2.97. The van der Waals surface area contributed by atoms with E-state index in [1.165, 1.54) is 10.4 Å². The van der Waals surface area contributed by atoms with E-state index in [0.717, 1.165) is 47.7 Å². The Morgan fingerprint density at radius 2 is 1.96 bits per heavy atom. The summed E-state index contributed by atoms with van der Waals surface area (Å²) in [7, 11) is 7.15. The second-order valence-corrected chi connectivity index (χ2v) is 7.29. The summed E-state index contributed by atoms with van der Waals surface area (Å²) in [6, 6.07) is 6.03. The van der Waals surface area contributed by atoms with Gasteiger partial charge in [-0.2, -0.15) is 0 Å². The molecule has 0 spiro atoms. The topological polar surface area (TPSA) is 59.0 Å². The highest BCUT2D eigenvalue weighted by molar-refractivity contribution is 7.11. The van der Waals surface area contributed by atoms with Crippen LogP contribution in [0.25, 0.3) is 0 Å². The normalized spacial score (nSPS) is 11.4. The minimum absolute atomic E-state index is 0.741. The van der Waals surface area contributed by atoms with Gasteiger partial charge in [-0.15, -0.1) is 11.3 Å². The zero-order valence-corrected chi connectivity index (χ0v) is 17.2. The molecule has 0 aliphatic rings.